The van der Waals surface area contributed by atoms with E-state index in [0.29, 0.717) is 28.0 Å². The molecule has 0 radical (unpaired) electrons. The molecule has 5 rings (SSSR count). The first-order chi connectivity index (χ1) is 16.0. The second-order valence-electron chi connectivity index (χ2n) is 7.98. The van der Waals surface area contributed by atoms with Crippen molar-refractivity contribution in [2.24, 2.45) is 0 Å². The van der Waals surface area contributed by atoms with E-state index in [1.165, 1.54) is 0 Å². The smallest absolute Gasteiger partial charge is 0.291 e. The number of ether oxygens (including phenoxy) is 2. The van der Waals surface area contributed by atoms with Crippen molar-refractivity contribution in [3.05, 3.63) is 99.2 Å². The van der Waals surface area contributed by atoms with E-state index in [0.717, 1.165) is 16.7 Å². The topological polar surface area (TPSA) is 81.9 Å². The summed E-state index contributed by atoms with van der Waals surface area (Å²) in [5, 5.41) is 0.454. The number of fused-ring (bicyclic) bond motifs is 2. The molecule has 0 N–H and O–H groups in total. The van der Waals surface area contributed by atoms with Crippen LogP contribution in [0.25, 0.3) is 11.0 Å². The number of methoxy groups -OCH3 is 2. The Morgan fingerprint density at radius 2 is 1.85 bits per heavy atom. The third-order valence-electron chi connectivity index (χ3n) is 5.92. The second kappa shape index (κ2) is 8.09. The van der Waals surface area contributed by atoms with Gasteiger partial charge in [-0.15, -0.1) is 0 Å². The molecular weight excluding hydrogens is 420 g/mol. The molecular formula is C26H22N2O5. The molecule has 2 aromatic heterocycles. The fraction of sp³-hybridized carbons (Fsp3) is 0.192. The van der Waals surface area contributed by atoms with Crippen LogP contribution in [0.3, 0.4) is 0 Å². The molecule has 4 aromatic rings. The fourth-order valence-corrected chi connectivity index (χ4v) is 4.36. The first-order valence-corrected chi connectivity index (χ1v) is 10.5. The maximum atomic E-state index is 13.7. The minimum Gasteiger partial charge on any atom is -0.493 e. The number of amides is 1. The van der Waals surface area contributed by atoms with Crippen LogP contribution in [-0.4, -0.2) is 30.0 Å². The van der Waals surface area contributed by atoms with Crippen LogP contribution in [-0.2, 0) is 6.54 Å². The molecule has 1 aliphatic heterocycles. The average molecular weight is 442 g/mol. The van der Waals surface area contributed by atoms with Gasteiger partial charge >= 0.3 is 0 Å². The highest BCUT2D eigenvalue weighted by atomic mass is 16.5. The lowest BCUT2D eigenvalue weighted by Crippen LogP contribution is -2.29. The van der Waals surface area contributed by atoms with Crippen LogP contribution >= 0.6 is 0 Å². The Bertz CT molecular complexity index is 1430. The van der Waals surface area contributed by atoms with Gasteiger partial charge in [0.1, 0.15) is 5.58 Å². The highest BCUT2D eigenvalue weighted by molar-refractivity contribution is 5.99. The zero-order valence-corrected chi connectivity index (χ0v) is 18.5. The van der Waals surface area contributed by atoms with Crippen molar-refractivity contribution in [2.45, 2.75) is 19.5 Å². The van der Waals surface area contributed by atoms with Gasteiger partial charge in [0.05, 0.1) is 31.2 Å². The van der Waals surface area contributed by atoms with Gasteiger partial charge < -0.3 is 18.8 Å². The van der Waals surface area contributed by atoms with Crippen molar-refractivity contribution >= 4 is 16.9 Å². The predicted molar refractivity (Wildman–Crippen MR) is 123 cm³/mol. The summed E-state index contributed by atoms with van der Waals surface area (Å²) in [6.45, 7) is 2.18. The van der Waals surface area contributed by atoms with E-state index in [-0.39, 0.29) is 23.6 Å². The van der Waals surface area contributed by atoms with E-state index in [1.54, 1.807) is 55.8 Å². The second-order valence-corrected chi connectivity index (χ2v) is 7.98. The van der Waals surface area contributed by atoms with Crippen molar-refractivity contribution in [2.75, 3.05) is 14.2 Å². The maximum absolute atomic E-state index is 13.7. The molecule has 7 nitrogen and oxygen atoms in total. The number of carbonyl (C=O) groups excluding carboxylic acids is 1. The van der Waals surface area contributed by atoms with Crippen molar-refractivity contribution in [1.82, 2.24) is 9.88 Å². The van der Waals surface area contributed by atoms with Gasteiger partial charge in [0.25, 0.3) is 5.91 Å². The lowest BCUT2D eigenvalue weighted by Gasteiger charge is -2.25. The summed E-state index contributed by atoms with van der Waals surface area (Å²) in [7, 11) is 3.11. The number of carbonyl (C=O) groups is 1. The molecule has 1 atom stereocenters. The maximum Gasteiger partial charge on any atom is 0.291 e. The monoisotopic (exact) mass is 442 g/mol. The molecule has 0 fully saturated rings. The molecule has 7 heteroatoms. The summed E-state index contributed by atoms with van der Waals surface area (Å²) < 4.78 is 16.9. The number of aromatic nitrogens is 1. The minimum absolute atomic E-state index is 0.0695. The molecule has 0 bridgehead atoms. The Hall–Kier alpha value is -4.13. The third kappa shape index (κ3) is 3.42. The highest BCUT2D eigenvalue weighted by Gasteiger charge is 2.43. The van der Waals surface area contributed by atoms with E-state index in [9.17, 15) is 9.59 Å². The summed E-state index contributed by atoms with van der Waals surface area (Å²) in [5.74, 6) is 0.803. The van der Waals surface area contributed by atoms with Crippen molar-refractivity contribution in [1.29, 1.82) is 0 Å². The standard InChI is InChI=1S/C26H22N2O5/c1-15-6-8-19-18(11-15)24(29)22-23(17-7-9-20(31-2)21(12-17)32-3)28(26(30)25(22)33-19)14-16-5-4-10-27-13-16/h4-13,23H,14H2,1-3H3. The van der Waals surface area contributed by atoms with Gasteiger partial charge in [-0.05, 0) is 48.4 Å². The number of pyridine rings is 1. The molecule has 1 aliphatic rings. The number of aryl methyl sites for hydroxylation is 1. The SMILES string of the molecule is COc1ccc(C2c3c(oc4ccc(C)cc4c3=O)C(=O)N2Cc2cccnc2)cc1OC. The van der Waals surface area contributed by atoms with Gasteiger partial charge in [-0.1, -0.05) is 23.8 Å². The molecule has 0 saturated carbocycles. The van der Waals surface area contributed by atoms with E-state index in [2.05, 4.69) is 4.98 Å². The fourth-order valence-electron chi connectivity index (χ4n) is 4.36. The first kappa shape index (κ1) is 20.8. The van der Waals surface area contributed by atoms with Crippen LogP contribution in [0.1, 0.15) is 38.9 Å². The van der Waals surface area contributed by atoms with E-state index in [1.807, 2.05) is 31.2 Å². The molecule has 2 aromatic carbocycles. The zero-order valence-electron chi connectivity index (χ0n) is 18.5. The Morgan fingerprint density at radius 1 is 1.03 bits per heavy atom. The Morgan fingerprint density at radius 3 is 2.58 bits per heavy atom. The Kier molecular flexibility index (Phi) is 5.09. The van der Waals surface area contributed by atoms with Gasteiger partial charge in [-0.25, -0.2) is 0 Å². The van der Waals surface area contributed by atoms with E-state index in [4.69, 9.17) is 13.9 Å². The van der Waals surface area contributed by atoms with Crippen LogP contribution in [0.5, 0.6) is 11.5 Å². The van der Waals surface area contributed by atoms with Gasteiger partial charge in [-0.2, -0.15) is 0 Å². The van der Waals surface area contributed by atoms with Crippen LogP contribution in [0, 0.1) is 6.92 Å². The van der Waals surface area contributed by atoms with Gasteiger partial charge in [0, 0.05) is 18.9 Å². The summed E-state index contributed by atoms with van der Waals surface area (Å²) in [4.78, 5) is 33.0. The number of hydrogen-bond acceptors (Lipinski definition) is 6. The van der Waals surface area contributed by atoms with Crippen LogP contribution in [0.15, 0.2) is 70.1 Å². The van der Waals surface area contributed by atoms with Crippen molar-refractivity contribution in [3.8, 4) is 11.5 Å². The van der Waals surface area contributed by atoms with Crippen molar-refractivity contribution in [3.63, 3.8) is 0 Å². The molecule has 1 amide bonds. The molecule has 3 heterocycles. The Labute approximate surface area is 190 Å². The highest BCUT2D eigenvalue weighted by Crippen LogP contribution is 2.41. The van der Waals surface area contributed by atoms with Crippen molar-refractivity contribution < 1.29 is 18.7 Å². The number of hydrogen-bond donors (Lipinski definition) is 0. The first-order valence-electron chi connectivity index (χ1n) is 10.5. The average Bonchev–Trinajstić information content (AvgIpc) is 3.11. The molecule has 1 unspecified atom stereocenters. The Balaban J connectivity index is 1.74. The zero-order chi connectivity index (χ0) is 23.1. The number of rotatable bonds is 5. The normalized spacial score (nSPS) is 15.1. The largest absolute Gasteiger partial charge is 0.493 e. The summed E-state index contributed by atoms with van der Waals surface area (Å²) in [5.41, 5.74) is 3.02. The van der Waals surface area contributed by atoms with Crippen LogP contribution in [0.2, 0.25) is 0 Å². The van der Waals surface area contributed by atoms with Gasteiger partial charge in [0.15, 0.2) is 16.9 Å². The third-order valence-corrected chi connectivity index (χ3v) is 5.92. The predicted octanol–water partition coefficient (Wildman–Crippen LogP) is 4.26. The summed E-state index contributed by atoms with van der Waals surface area (Å²) in [6.07, 6.45) is 3.38. The molecule has 166 valence electrons. The van der Waals surface area contributed by atoms with Gasteiger partial charge in [0.2, 0.25) is 5.76 Å². The lowest BCUT2D eigenvalue weighted by molar-refractivity contribution is 0.0714. The van der Waals surface area contributed by atoms with Crippen LogP contribution in [0.4, 0.5) is 0 Å². The molecule has 0 aliphatic carbocycles. The van der Waals surface area contributed by atoms with E-state index >= 15 is 0 Å². The molecule has 33 heavy (non-hydrogen) atoms. The van der Waals surface area contributed by atoms with E-state index < -0.39 is 6.04 Å². The number of nitrogens with zero attached hydrogens (tertiary/aromatic N) is 2. The minimum atomic E-state index is -0.645. The number of benzene rings is 2. The van der Waals surface area contributed by atoms with Crippen LogP contribution < -0.4 is 14.9 Å². The summed E-state index contributed by atoms with van der Waals surface area (Å²) >= 11 is 0. The van der Waals surface area contributed by atoms with Gasteiger partial charge in [-0.3, -0.25) is 14.6 Å². The summed E-state index contributed by atoms with van der Waals surface area (Å²) in [6, 6.07) is 13.8. The molecule has 0 spiro atoms. The molecule has 0 saturated heterocycles. The quantitative estimate of drug-likeness (QED) is 0.459. The lowest BCUT2D eigenvalue weighted by atomic mass is 9.97.